The maximum Gasteiger partial charge on any atom is 0.279 e. The summed E-state index contributed by atoms with van der Waals surface area (Å²) in [4.78, 5) is 25.4. The van der Waals surface area contributed by atoms with Crippen molar-refractivity contribution in [3.8, 4) is 0 Å². The number of carbonyl (C=O) groups is 2. The van der Waals surface area contributed by atoms with Gasteiger partial charge in [-0.3, -0.25) is 20.4 Å². The number of hydrogen-bond donors (Lipinski definition) is 3. The zero-order valence-corrected chi connectivity index (χ0v) is 15.8. The molecule has 2 amide bonds. The Kier molecular flexibility index (Phi) is 5.83. The number of hydrazine groups is 1. The number of benzene rings is 1. The Hall–Kier alpha value is -1.94. The number of thiophene rings is 1. The molecule has 0 saturated heterocycles. The minimum Gasteiger partial charge on any atom is -0.267 e. The molecule has 0 spiro atoms. The van der Waals surface area contributed by atoms with Gasteiger partial charge in [0.05, 0.1) is 9.90 Å². The number of sulfonamides is 1. The number of carbonyl (C=O) groups excluding carboxylic acids is 2. The van der Waals surface area contributed by atoms with E-state index in [4.69, 9.17) is 16.7 Å². The average molecular weight is 402 g/mol. The van der Waals surface area contributed by atoms with Crippen molar-refractivity contribution in [1.29, 1.82) is 0 Å². The first kappa shape index (κ1) is 19.4. The fourth-order valence-corrected chi connectivity index (χ4v) is 4.17. The van der Waals surface area contributed by atoms with Crippen LogP contribution in [0.2, 0.25) is 5.02 Å². The van der Waals surface area contributed by atoms with Crippen LogP contribution in [0.15, 0.2) is 29.2 Å². The van der Waals surface area contributed by atoms with Crippen LogP contribution in [-0.2, 0) is 16.4 Å². The van der Waals surface area contributed by atoms with Crippen LogP contribution >= 0.6 is 22.9 Å². The van der Waals surface area contributed by atoms with E-state index in [0.717, 1.165) is 22.9 Å². The second-order valence-corrected chi connectivity index (χ2v) is 8.24. The lowest BCUT2D eigenvalue weighted by molar-refractivity contribution is 0.0848. The first-order chi connectivity index (χ1) is 11.6. The summed E-state index contributed by atoms with van der Waals surface area (Å²) >= 11 is 7.11. The maximum atomic E-state index is 12.1. The van der Waals surface area contributed by atoms with Crippen molar-refractivity contribution in [1.82, 2.24) is 10.9 Å². The Balaban J connectivity index is 2.11. The van der Waals surface area contributed by atoms with Crippen molar-refractivity contribution in [2.75, 3.05) is 0 Å². The largest absolute Gasteiger partial charge is 0.279 e. The zero-order chi connectivity index (χ0) is 18.8. The monoisotopic (exact) mass is 401 g/mol. The summed E-state index contributed by atoms with van der Waals surface area (Å²) in [5.74, 6) is -1.15. The molecule has 2 aromatic rings. The smallest absolute Gasteiger partial charge is 0.267 e. The summed E-state index contributed by atoms with van der Waals surface area (Å²) < 4.78 is 22.9. The lowest BCUT2D eigenvalue weighted by atomic mass is 10.2. The SMILES string of the molecule is CCc1sc(C(=O)NNC(=O)c2ccc(Cl)c(S(N)(=O)=O)c2)cc1C. The molecule has 0 aliphatic carbocycles. The summed E-state index contributed by atoms with van der Waals surface area (Å²) in [6.07, 6.45) is 0.817. The quantitative estimate of drug-likeness (QED) is 0.679. The fourth-order valence-electron chi connectivity index (χ4n) is 2.09. The van der Waals surface area contributed by atoms with Crippen LogP contribution < -0.4 is 16.0 Å². The second kappa shape index (κ2) is 7.52. The Morgan fingerprint density at radius 3 is 2.40 bits per heavy atom. The standard InChI is InChI=1S/C15H16ClN3O4S2/c1-3-11-8(2)6-12(24-11)15(21)19-18-14(20)9-4-5-10(16)13(7-9)25(17,22)23/h4-7H,3H2,1-2H3,(H,18,20)(H,19,21)(H2,17,22,23). The third kappa shape index (κ3) is 4.57. The van der Waals surface area contributed by atoms with Gasteiger partial charge in [-0.25, -0.2) is 13.6 Å². The molecule has 0 bridgehead atoms. The van der Waals surface area contributed by atoms with E-state index in [0.29, 0.717) is 4.88 Å². The number of nitrogens with two attached hydrogens (primary N) is 1. The number of aryl methyl sites for hydroxylation is 2. The Morgan fingerprint density at radius 1 is 1.20 bits per heavy atom. The van der Waals surface area contributed by atoms with Gasteiger partial charge in [0.2, 0.25) is 10.0 Å². The van der Waals surface area contributed by atoms with Gasteiger partial charge >= 0.3 is 0 Å². The molecule has 0 aliphatic rings. The van der Waals surface area contributed by atoms with Gasteiger partial charge in [0, 0.05) is 10.4 Å². The molecule has 0 unspecified atom stereocenters. The Bertz CT molecular complexity index is 938. The van der Waals surface area contributed by atoms with E-state index < -0.39 is 21.8 Å². The highest BCUT2D eigenvalue weighted by Crippen LogP contribution is 2.22. The van der Waals surface area contributed by atoms with Gasteiger partial charge in [0.25, 0.3) is 11.8 Å². The van der Waals surface area contributed by atoms with Gasteiger partial charge in [0.15, 0.2) is 0 Å². The van der Waals surface area contributed by atoms with Crippen molar-refractivity contribution in [3.63, 3.8) is 0 Å². The highest BCUT2D eigenvalue weighted by molar-refractivity contribution is 7.89. The van der Waals surface area contributed by atoms with Gasteiger partial charge in [-0.05, 0) is 43.2 Å². The van der Waals surface area contributed by atoms with E-state index in [1.807, 2.05) is 13.8 Å². The molecule has 0 atom stereocenters. The van der Waals surface area contributed by atoms with Crippen LogP contribution in [0, 0.1) is 6.92 Å². The number of amides is 2. The number of halogens is 1. The predicted molar refractivity (Wildman–Crippen MR) is 96.2 cm³/mol. The fraction of sp³-hybridized carbons (Fsp3) is 0.200. The van der Waals surface area contributed by atoms with Crippen molar-refractivity contribution >= 4 is 44.8 Å². The molecule has 10 heteroatoms. The predicted octanol–water partition coefficient (Wildman–Crippen LogP) is 1.99. The maximum absolute atomic E-state index is 12.1. The van der Waals surface area contributed by atoms with Gasteiger partial charge in [-0.15, -0.1) is 11.3 Å². The van der Waals surface area contributed by atoms with E-state index in [9.17, 15) is 18.0 Å². The lowest BCUT2D eigenvalue weighted by Crippen LogP contribution is -2.41. The van der Waals surface area contributed by atoms with Gasteiger partial charge in [-0.2, -0.15) is 0 Å². The Morgan fingerprint density at radius 2 is 1.84 bits per heavy atom. The third-order valence-corrected chi connectivity index (χ3v) is 6.13. The number of hydrogen-bond acceptors (Lipinski definition) is 5. The summed E-state index contributed by atoms with van der Waals surface area (Å²) in [6, 6.07) is 5.35. The molecule has 25 heavy (non-hydrogen) atoms. The van der Waals surface area contributed by atoms with Gasteiger partial charge in [0.1, 0.15) is 4.90 Å². The highest BCUT2D eigenvalue weighted by Gasteiger charge is 2.17. The van der Waals surface area contributed by atoms with Crippen LogP contribution in [0.1, 0.15) is 37.4 Å². The molecule has 4 N–H and O–H groups in total. The molecule has 0 aliphatic heterocycles. The molecule has 1 heterocycles. The van der Waals surface area contributed by atoms with Crippen molar-refractivity contribution < 1.29 is 18.0 Å². The number of nitrogens with one attached hydrogen (secondary N) is 2. The molecule has 0 saturated carbocycles. The zero-order valence-electron chi connectivity index (χ0n) is 13.4. The molecule has 1 aromatic heterocycles. The first-order valence-corrected chi connectivity index (χ1v) is 9.90. The lowest BCUT2D eigenvalue weighted by Gasteiger charge is -2.08. The summed E-state index contributed by atoms with van der Waals surface area (Å²) in [6.45, 7) is 3.90. The van der Waals surface area contributed by atoms with Crippen LogP contribution in [0.4, 0.5) is 0 Å². The van der Waals surface area contributed by atoms with Crippen LogP contribution in [0.5, 0.6) is 0 Å². The summed E-state index contributed by atoms with van der Waals surface area (Å²) in [5.41, 5.74) is 5.53. The van der Waals surface area contributed by atoms with E-state index >= 15 is 0 Å². The molecule has 1 aromatic carbocycles. The van der Waals surface area contributed by atoms with Gasteiger partial charge < -0.3 is 0 Å². The second-order valence-electron chi connectivity index (χ2n) is 5.17. The minimum absolute atomic E-state index is 0.00895. The van der Waals surface area contributed by atoms with Crippen molar-refractivity contribution in [3.05, 3.63) is 50.2 Å². The van der Waals surface area contributed by atoms with E-state index in [2.05, 4.69) is 10.9 Å². The molecule has 2 rings (SSSR count). The summed E-state index contributed by atoms with van der Waals surface area (Å²) in [7, 11) is -4.07. The van der Waals surface area contributed by atoms with Crippen LogP contribution in [0.25, 0.3) is 0 Å². The molecule has 0 fully saturated rings. The molecular formula is C15H16ClN3O4S2. The van der Waals surface area contributed by atoms with Crippen molar-refractivity contribution in [2.24, 2.45) is 5.14 Å². The van der Waals surface area contributed by atoms with E-state index in [-0.39, 0.29) is 15.5 Å². The van der Waals surface area contributed by atoms with Gasteiger partial charge in [-0.1, -0.05) is 18.5 Å². The average Bonchev–Trinajstić information content (AvgIpc) is 2.92. The van der Waals surface area contributed by atoms with E-state index in [1.54, 1.807) is 6.07 Å². The number of rotatable bonds is 4. The topological polar surface area (TPSA) is 118 Å². The third-order valence-electron chi connectivity index (χ3n) is 3.35. The normalized spacial score (nSPS) is 11.2. The minimum atomic E-state index is -4.07. The first-order valence-electron chi connectivity index (χ1n) is 7.15. The summed E-state index contributed by atoms with van der Waals surface area (Å²) in [5, 5.41) is 4.95. The van der Waals surface area contributed by atoms with Crippen molar-refractivity contribution in [2.45, 2.75) is 25.2 Å². The van der Waals surface area contributed by atoms with E-state index in [1.165, 1.54) is 23.5 Å². The highest BCUT2D eigenvalue weighted by atomic mass is 35.5. The van der Waals surface area contributed by atoms with Crippen LogP contribution in [0.3, 0.4) is 0 Å². The number of primary sulfonamides is 1. The molecule has 134 valence electrons. The Labute approximate surface area is 154 Å². The molecule has 7 nitrogen and oxygen atoms in total. The van der Waals surface area contributed by atoms with Crippen LogP contribution in [-0.4, -0.2) is 20.2 Å². The molecule has 0 radical (unpaired) electrons. The molecular weight excluding hydrogens is 386 g/mol.